The molecule has 9 nitrogen and oxygen atoms in total. The second-order valence-corrected chi connectivity index (χ2v) is 8.91. The van der Waals surface area contributed by atoms with Crippen LogP contribution >= 0.6 is 11.3 Å². The van der Waals surface area contributed by atoms with Gasteiger partial charge in [0.25, 0.3) is 0 Å². The number of nitrogen functional groups attached to an aromatic ring is 1. The van der Waals surface area contributed by atoms with E-state index in [0.717, 1.165) is 0 Å². The van der Waals surface area contributed by atoms with Gasteiger partial charge >= 0.3 is 11.9 Å². The smallest absolute Gasteiger partial charge is 0.336 e. The predicted octanol–water partition coefficient (Wildman–Crippen LogP) is 4.12. The maximum atomic E-state index is 13.5. The largest absolute Gasteiger partial charge is 0.512 e. The minimum atomic E-state index is -1.15. The Hall–Kier alpha value is -3.84. The molecule has 0 unspecified atom stereocenters. The molecule has 0 saturated heterocycles. The molecule has 0 bridgehead atoms. The zero-order chi connectivity index (χ0) is 26.0. The number of fused-ring (bicyclic) bond motifs is 1. The van der Waals surface area contributed by atoms with Crippen molar-refractivity contribution in [1.82, 2.24) is 4.57 Å². The summed E-state index contributed by atoms with van der Waals surface area (Å²) in [5.74, 6) is -4.16. The maximum absolute atomic E-state index is 13.5. The summed E-state index contributed by atoms with van der Waals surface area (Å²) in [4.78, 5) is 40.1. The van der Waals surface area contributed by atoms with Crippen molar-refractivity contribution in [2.24, 2.45) is 0 Å². The third kappa shape index (κ3) is 4.23. The monoisotopic (exact) mass is 497 g/mol. The van der Waals surface area contributed by atoms with Crippen molar-refractivity contribution in [3.63, 3.8) is 0 Å². The Balaban J connectivity index is 2.57. The summed E-state index contributed by atoms with van der Waals surface area (Å²) in [5, 5.41) is 22.2. The summed E-state index contributed by atoms with van der Waals surface area (Å²) in [5.41, 5.74) is 7.00. The van der Waals surface area contributed by atoms with Crippen LogP contribution in [0.25, 0.3) is 11.3 Å². The van der Waals surface area contributed by atoms with Crippen molar-refractivity contribution in [3.05, 3.63) is 50.5 Å². The van der Waals surface area contributed by atoms with Gasteiger partial charge in [0.2, 0.25) is 0 Å². The van der Waals surface area contributed by atoms with Crippen molar-refractivity contribution in [2.75, 3.05) is 18.9 Å². The standard InChI is InChI=1S/C25H27N3O6S/c1-6-33-24(31)17-12(3)28-22(19(15(11-26)23(28)27)18(13(4)29)14(5)30)21(25(32)34-7-2)20(17)16-9-8-10-35-16/h8-10,20-21,29H,6-7,27H2,1-5H3/b18-13+/t20-,21+/m0/s1. The number of anilines is 1. The summed E-state index contributed by atoms with van der Waals surface area (Å²) >= 11 is 1.34. The van der Waals surface area contributed by atoms with Crippen molar-refractivity contribution < 1.29 is 29.0 Å². The van der Waals surface area contributed by atoms with Crippen LogP contribution in [0.5, 0.6) is 0 Å². The normalized spacial score (nSPS) is 17.8. The quantitative estimate of drug-likeness (QED) is 0.330. The van der Waals surface area contributed by atoms with E-state index in [9.17, 15) is 24.8 Å². The van der Waals surface area contributed by atoms with Crippen LogP contribution in [0.1, 0.15) is 68.2 Å². The van der Waals surface area contributed by atoms with Crippen LogP contribution in [0.15, 0.2) is 28.8 Å². The zero-order valence-corrected chi connectivity index (χ0v) is 21.0. The molecule has 35 heavy (non-hydrogen) atoms. The van der Waals surface area contributed by atoms with Crippen LogP contribution < -0.4 is 5.73 Å². The molecule has 3 rings (SSSR count). The number of aliphatic hydroxyl groups is 1. The van der Waals surface area contributed by atoms with Gasteiger partial charge in [-0.15, -0.1) is 11.3 Å². The number of carbonyl (C=O) groups excluding carboxylic acids is 3. The zero-order valence-electron chi connectivity index (χ0n) is 20.2. The summed E-state index contributed by atoms with van der Waals surface area (Å²) in [6.45, 7) is 7.72. The van der Waals surface area contributed by atoms with Gasteiger partial charge in [-0.2, -0.15) is 5.26 Å². The molecule has 2 aromatic heterocycles. The molecule has 2 aromatic rings. The van der Waals surface area contributed by atoms with Crippen LogP contribution in [-0.4, -0.2) is 40.6 Å². The van der Waals surface area contributed by atoms with E-state index >= 15 is 0 Å². The van der Waals surface area contributed by atoms with Gasteiger partial charge in [0.05, 0.1) is 24.4 Å². The first-order valence-corrected chi connectivity index (χ1v) is 11.9. The third-order valence-electron chi connectivity index (χ3n) is 5.87. The topological polar surface area (TPSA) is 145 Å². The van der Waals surface area contributed by atoms with Crippen LogP contribution in [-0.2, 0) is 23.9 Å². The van der Waals surface area contributed by atoms with Crippen molar-refractivity contribution in [3.8, 4) is 6.07 Å². The van der Waals surface area contributed by atoms with E-state index in [0.29, 0.717) is 10.6 Å². The Morgan fingerprint density at radius 1 is 1.23 bits per heavy atom. The van der Waals surface area contributed by atoms with E-state index in [1.807, 2.05) is 11.4 Å². The number of rotatable bonds is 7. The average Bonchev–Trinajstić information content (AvgIpc) is 3.40. The lowest BCUT2D eigenvalue weighted by Crippen LogP contribution is -2.34. The number of ether oxygens (including phenoxy) is 2. The summed E-state index contributed by atoms with van der Waals surface area (Å²) in [7, 11) is 0. The molecule has 0 aromatic carbocycles. The van der Waals surface area contributed by atoms with Gasteiger partial charge in [0, 0.05) is 27.7 Å². The van der Waals surface area contributed by atoms with Gasteiger partial charge in [-0.1, -0.05) is 6.07 Å². The fourth-order valence-electron chi connectivity index (χ4n) is 4.65. The Morgan fingerprint density at radius 2 is 1.89 bits per heavy atom. The SMILES string of the molecule is CCOC(=O)C1=C(C)n2c(N)c(C#N)c(/C(C(C)=O)=C(\C)O)c2[C@H](C(=O)OCC)[C@H]1c1cccs1. The van der Waals surface area contributed by atoms with E-state index in [2.05, 4.69) is 0 Å². The molecule has 1 aliphatic heterocycles. The lowest BCUT2D eigenvalue weighted by molar-refractivity contribution is -0.145. The average molecular weight is 498 g/mol. The van der Waals surface area contributed by atoms with Crippen LogP contribution in [0, 0.1) is 11.3 Å². The van der Waals surface area contributed by atoms with E-state index in [-0.39, 0.29) is 52.8 Å². The Kier molecular flexibility index (Phi) is 7.51. The number of hydrogen-bond donors (Lipinski definition) is 2. The fourth-order valence-corrected chi connectivity index (χ4v) is 5.52. The molecule has 184 valence electrons. The van der Waals surface area contributed by atoms with Crippen molar-refractivity contribution in [1.29, 1.82) is 5.26 Å². The van der Waals surface area contributed by atoms with Gasteiger partial charge in [-0.25, -0.2) is 4.79 Å². The number of ketones is 1. The van der Waals surface area contributed by atoms with Crippen LogP contribution in [0.4, 0.5) is 5.82 Å². The van der Waals surface area contributed by atoms with Crippen molar-refractivity contribution in [2.45, 2.75) is 46.5 Å². The van der Waals surface area contributed by atoms with E-state index in [4.69, 9.17) is 15.2 Å². The van der Waals surface area contributed by atoms with E-state index in [1.165, 1.54) is 29.8 Å². The molecule has 3 N–H and O–H groups in total. The fraction of sp³-hybridized carbons (Fsp3) is 0.360. The number of hydrogen-bond acceptors (Lipinski definition) is 9. The number of allylic oxidation sites excluding steroid dienone is 3. The molecule has 10 heteroatoms. The highest BCUT2D eigenvalue weighted by atomic mass is 32.1. The number of nitriles is 1. The third-order valence-corrected chi connectivity index (χ3v) is 6.82. The summed E-state index contributed by atoms with van der Waals surface area (Å²) in [6.07, 6.45) is 0. The molecular weight excluding hydrogens is 470 g/mol. The number of aromatic nitrogens is 1. The molecule has 0 radical (unpaired) electrons. The predicted molar refractivity (Wildman–Crippen MR) is 131 cm³/mol. The van der Waals surface area contributed by atoms with Gasteiger partial charge < -0.3 is 24.9 Å². The number of esters is 2. The van der Waals surface area contributed by atoms with Gasteiger partial charge in [0.1, 0.15) is 29.1 Å². The highest BCUT2D eigenvalue weighted by Gasteiger charge is 2.48. The highest BCUT2D eigenvalue weighted by Crippen LogP contribution is 2.52. The first-order chi connectivity index (χ1) is 16.6. The number of thiophene rings is 1. The number of nitrogens with two attached hydrogens (primary N) is 1. The second kappa shape index (κ2) is 10.2. The van der Waals surface area contributed by atoms with Crippen molar-refractivity contribution >= 4 is 46.1 Å². The molecule has 1 aliphatic rings. The number of carbonyl (C=O) groups is 3. The molecule has 2 atom stereocenters. The molecule has 0 spiro atoms. The molecule has 0 fully saturated rings. The number of nitrogens with zero attached hydrogens (tertiary/aromatic N) is 2. The first-order valence-electron chi connectivity index (χ1n) is 11.1. The minimum Gasteiger partial charge on any atom is -0.512 e. The highest BCUT2D eigenvalue weighted by molar-refractivity contribution is 7.10. The summed E-state index contributed by atoms with van der Waals surface area (Å²) < 4.78 is 12.2. The van der Waals surface area contributed by atoms with E-state index < -0.39 is 29.6 Å². The Morgan fingerprint density at radius 3 is 2.37 bits per heavy atom. The van der Waals surface area contributed by atoms with Crippen LogP contribution in [0.2, 0.25) is 0 Å². The van der Waals surface area contributed by atoms with Gasteiger partial charge in [-0.05, 0) is 46.1 Å². The summed E-state index contributed by atoms with van der Waals surface area (Å²) in [6, 6.07) is 5.60. The minimum absolute atomic E-state index is 0.0550. The lowest BCUT2D eigenvalue weighted by Gasteiger charge is -2.34. The van der Waals surface area contributed by atoms with Gasteiger partial charge in [-0.3, -0.25) is 9.59 Å². The molecule has 0 saturated carbocycles. The lowest BCUT2D eigenvalue weighted by atomic mass is 9.76. The molecular formula is C25H27N3O6S. The Bertz CT molecular complexity index is 1290. The number of Topliss-reactive ketones (excluding diaryl/α,β-unsaturated/α-hetero) is 1. The molecule has 0 amide bonds. The van der Waals surface area contributed by atoms with Gasteiger partial charge in [0.15, 0.2) is 5.78 Å². The molecule has 3 heterocycles. The Labute approximate surface area is 207 Å². The first kappa shape index (κ1) is 25.8. The second-order valence-electron chi connectivity index (χ2n) is 7.93. The van der Waals surface area contributed by atoms with Crippen LogP contribution in [0.3, 0.4) is 0 Å². The number of aliphatic hydroxyl groups excluding tert-OH is 1. The maximum Gasteiger partial charge on any atom is 0.336 e. The van der Waals surface area contributed by atoms with E-state index in [1.54, 1.807) is 32.9 Å². The molecule has 0 aliphatic carbocycles.